The van der Waals surface area contributed by atoms with E-state index in [-0.39, 0.29) is 11.6 Å². The van der Waals surface area contributed by atoms with Crippen LogP contribution >= 0.6 is 23.1 Å². The van der Waals surface area contributed by atoms with Crippen LogP contribution in [0, 0.1) is 13.8 Å². The molecule has 5 rings (SSSR count). The van der Waals surface area contributed by atoms with Gasteiger partial charge in [-0.2, -0.15) is 0 Å². The van der Waals surface area contributed by atoms with Gasteiger partial charge < -0.3 is 9.26 Å². The molecule has 162 valence electrons. The van der Waals surface area contributed by atoms with Crippen LogP contribution in [-0.2, 0) is 4.74 Å². The molecule has 0 saturated carbocycles. The van der Waals surface area contributed by atoms with Crippen LogP contribution in [-0.4, -0.2) is 44.8 Å². The van der Waals surface area contributed by atoms with Gasteiger partial charge in [-0.15, -0.1) is 11.3 Å². The van der Waals surface area contributed by atoms with E-state index in [1.54, 1.807) is 29.2 Å². The predicted molar refractivity (Wildman–Crippen MR) is 124 cm³/mol. The second kappa shape index (κ2) is 8.40. The van der Waals surface area contributed by atoms with Crippen LogP contribution < -0.4 is 0 Å². The fourth-order valence-electron chi connectivity index (χ4n) is 3.61. The average Bonchev–Trinajstić information content (AvgIpc) is 3.51. The van der Waals surface area contributed by atoms with Crippen LogP contribution in [0.5, 0.6) is 0 Å². The summed E-state index contributed by atoms with van der Waals surface area (Å²) in [6, 6.07) is 15.1. The largest absolute Gasteiger partial charge is 0.427 e. The smallest absolute Gasteiger partial charge is 0.363 e. The molecule has 32 heavy (non-hydrogen) atoms. The van der Waals surface area contributed by atoms with Gasteiger partial charge in [-0.05, 0) is 31.5 Å². The molecule has 1 saturated heterocycles. The molecule has 2 aromatic heterocycles. The van der Waals surface area contributed by atoms with Crippen molar-refractivity contribution < 1.29 is 18.8 Å². The number of carbonyl (C=O) groups excluding carboxylic acids is 2. The number of amides is 1. The number of esters is 1. The van der Waals surface area contributed by atoms with Gasteiger partial charge in [-0.1, -0.05) is 58.9 Å². The molecule has 0 aliphatic carbocycles. The lowest BCUT2D eigenvalue weighted by molar-refractivity contribution is 0.0136. The molecule has 1 fully saturated rings. The van der Waals surface area contributed by atoms with Gasteiger partial charge in [0.1, 0.15) is 5.69 Å². The van der Waals surface area contributed by atoms with E-state index in [0.717, 1.165) is 21.0 Å². The number of aromatic nitrogens is 2. The van der Waals surface area contributed by atoms with Crippen molar-refractivity contribution in [1.29, 1.82) is 0 Å². The summed E-state index contributed by atoms with van der Waals surface area (Å²) in [5.74, 6) is -0.217. The molecular weight excluding hydrogens is 446 g/mol. The first-order valence-corrected chi connectivity index (χ1v) is 11.9. The third kappa shape index (κ3) is 3.78. The molecular formula is C23H19N3O4S2. The Labute approximate surface area is 192 Å². The molecule has 1 amide bonds. The molecule has 0 N–H and O–H groups in total. The standard InChI is InChI=1S/C23H19N3O4S2/c1-13-6-5-7-15(12-13)20-19(24-14(2)32-20)21(27)26-10-11-31-23(26)29-22(28)18-16-8-3-4-9-17(16)30-25-18/h3-9,12,23H,10-11H2,1-2H3. The Morgan fingerprint density at radius 2 is 1.97 bits per heavy atom. The number of hydrogen-bond acceptors (Lipinski definition) is 8. The van der Waals surface area contributed by atoms with Crippen molar-refractivity contribution in [1.82, 2.24) is 15.0 Å². The van der Waals surface area contributed by atoms with Gasteiger partial charge in [0.2, 0.25) is 5.56 Å². The molecule has 1 aliphatic rings. The monoisotopic (exact) mass is 465 g/mol. The van der Waals surface area contributed by atoms with Gasteiger partial charge in [0.25, 0.3) is 5.91 Å². The molecule has 1 unspecified atom stereocenters. The molecule has 7 nitrogen and oxygen atoms in total. The van der Waals surface area contributed by atoms with Gasteiger partial charge in [-0.25, -0.2) is 9.78 Å². The maximum Gasteiger partial charge on any atom is 0.363 e. The van der Waals surface area contributed by atoms with Gasteiger partial charge in [0.05, 0.1) is 15.3 Å². The van der Waals surface area contributed by atoms with E-state index in [4.69, 9.17) is 9.26 Å². The van der Waals surface area contributed by atoms with Gasteiger partial charge in [0.15, 0.2) is 11.3 Å². The SMILES string of the molecule is Cc1cccc(-c2sc(C)nc2C(=O)N2CCSC2OC(=O)c2noc3ccccc23)c1. The number of benzene rings is 2. The first kappa shape index (κ1) is 20.7. The number of thioether (sulfide) groups is 1. The second-order valence-electron chi connectivity index (χ2n) is 7.39. The van der Waals surface area contributed by atoms with Crippen molar-refractivity contribution in [3.05, 3.63) is 70.5 Å². The maximum absolute atomic E-state index is 13.5. The number of hydrogen-bond donors (Lipinski definition) is 0. The van der Waals surface area contributed by atoms with Crippen molar-refractivity contribution in [3.63, 3.8) is 0 Å². The van der Waals surface area contributed by atoms with Crippen molar-refractivity contribution in [2.24, 2.45) is 0 Å². The zero-order chi connectivity index (χ0) is 22.2. The summed E-state index contributed by atoms with van der Waals surface area (Å²) in [4.78, 5) is 33.2. The minimum absolute atomic E-state index is 0.102. The lowest BCUT2D eigenvalue weighted by atomic mass is 10.1. The van der Waals surface area contributed by atoms with Crippen molar-refractivity contribution in [2.45, 2.75) is 19.4 Å². The number of ether oxygens (including phenoxy) is 1. The summed E-state index contributed by atoms with van der Waals surface area (Å²) in [6.07, 6.45) is 0. The summed E-state index contributed by atoms with van der Waals surface area (Å²) in [5.41, 5.74) is 2.30. The maximum atomic E-state index is 13.5. The highest BCUT2D eigenvalue weighted by molar-refractivity contribution is 8.00. The molecule has 0 bridgehead atoms. The van der Waals surface area contributed by atoms with Gasteiger partial charge in [0, 0.05) is 12.3 Å². The summed E-state index contributed by atoms with van der Waals surface area (Å²) in [6.45, 7) is 4.36. The Bertz CT molecular complexity index is 1330. The van der Waals surface area contributed by atoms with E-state index in [1.807, 2.05) is 38.1 Å². The zero-order valence-electron chi connectivity index (χ0n) is 17.4. The van der Waals surface area contributed by atoms with Crippen molar-refractivity contribution >= 4 is 45.9 Å². The average molecular weight is 466 g/mol. The van der Waals surface area contributed by atoms with E-state index in [9.17, 15) is 9.59 Å². The first-order chi connectivity index (χ1) is 15.5. The summed E-state index contributed by atoms with van der Waals surface area (Å²) in [7, 11) is 0. The van der Waals surface area contributed by atoms with E-state index >= 15 is 0 Å². The zero-order valence-corrected chi connectivity index (χ0v) is 19.0. The van der Waals surface area contributed by atoms with E-state index < -0.39 is 11.5 Å². The summed E-state index contributed by atoms with van der Waals surface area (Å²) in [5, 5.41) is 5.24. The van der Waals surface area contributed by atoms with Crippen LogP contribution in [0.4, 0.5) is 0 Å². The van der Waals surface area contributed by atoms with Crippen molar-refractivity contribution in [3.8, 4) is 10.4 Å². The van der Waals surface area contributed by atoms with Gasteiger partial charge in [-0.3, -0.25) is 9.69 Å². The summed E-state index contributed by atoms with van der Waals surface area (Å²) >= 11 is 2.88. The molecule has 3 heterocycles. The highest BCUT2D eigenvalue weighted by Gasteiger charge is 2.36. The minimum atomic E-state index is -0.752. The lowest BCUT2D eigenvalue weighted by Crippen LogP contribution is -2.38. The second-order valence-corrected chi connectivity index (χ2v) is 9.74. The van der Waals surface area contributed by atoms with Crippen LogP contribution in [0.3, 0.4) is 0 Å². The third-order valence-electron chi connectivity index (χ3n) is 5.10. The fraction of sp³-hybridized carbons (Fsp3) is 0.217. The Balaban J connectivity index is 1.40. The molecule has 1 aliphatic heterocycles. The Morgan fingerprint density at radius 1 is 1.12 bits per heavy atom. The number of nitrogens with zero attached hydrogens (tertiary/aromatic N) is 3. The Kier molecular flexibility index (Phi) is 5.44. The Morgan fingerprint density at radius 3 is 2.81 bits per heavy atom. The molecule has 2 aromatic carbocycles. The highest BCUT2D eigenvalue weighted by Crippen LogP contribution is 2.34. The molecule has 4 aromatic rings. The van der Waals surface area contributed by atoms with Crippen LogP contribution in [0.2, 0.25) is 0 Å². The topological polar surface area (TPSA) is 85.5 Å². The molecule has 0 spiro atoms. The first-order valence-electron chi connectivity index (χ1n) is 10.0. The number of para-hydroxylation sites is 1. The Hall–Kier alpha value is -3.17. The molecule has 9 heteroatoms. The lowest BCUT2D eigenvalue weighted by Gasteiger charge is -2.22. The van der Waals surface area contributed by atoms with E-state index in [2.05, 4.69) is 10.1 Å². The highest BCUT2D eigenvalue weighted by atomic mass is 32.2. The van der Waals surface area contributed by atoms with Crippen molar-refractivity contribution in [2.75, 3.05) is 12.3 Å². The van der Waals surface area contributed by atoms with E-state index in [0.29, 0.717) is 29.0 Å². The number of fused-ring (bicyclic) bond motifs is 1. The molecule has 0 radical (unpaired) electrons. The predicted octanol–water partition coefficient (Wildman–Crippen LogP) is 4.90. The number of carbonyl (C=O) groups is 2. The number of thiazole rings is 1. The van der Waals surface area contributed by atoms with Crippen LogP contribution in [0.25, 0.3) is 21.4 Å². The summed E-state index contributed by atoms with van der Waals surface area (Å²) < 4.78 is 10.9. The third-order valence-corrected chi connectivity index (χ3v) is 7.18. The van der Waals surface area contributed by atoms with Crippen LogP contribution in [0.15, 0.2) is 53.1 Å². The van der Waals surface area contributed by atoms with E-state index in [1.165, 1.54) is 23.1 Å². The normalized spacial score (nSPS) is 15.9. The fourth-order valence-corrected chi connectivity index (χ4v) is 5.56. The number of aryl methyl sites for hydroxylation is 2. The van der Waals surface area contributed by atoms with Gasteiger partial charge >= 0.3 is 5.97 Å². The quantitative estimate of drug-likeness (QED) is 0.396. The van der Waals surface area contributed by atoms with Crippen LogP contribution in [0.1, 0.15) is 31.5 Å². The minimum Gasteiger partial charge on any atom is -0.427 e. The molecule has 1 atom stereocenters. The number of rotatable bonds is 4.